The van der Waals surface area contributed by atoms with Crippen molar-refractivity contribution in [1.82, 2.24) is 4.57 Å². The number of fused-ring (bicyclic) bond motifs is 1. The third-order valence-corrected chi connectivity index (χ3v) is 5.25. The number of aromatic nitrogens is 1. The largest absolute Gasteiger partial charge is 0.497 e. The third-order valence-electron chi connectivity index (χ3n) is 5.25. The summed E-state index contributed by atoms with van der Waals surface area (Å²) in [7, 11) is 6.55. The maximum absolute atomic E-state index is 5.58. The van der Waals surface area contributed by atoms with Crippen LogP contribution in [-0.4, -0.2) is 33.0 Å². The van der Waals surface area contributed by atoms with Crippen molar-refractivity contribution in [2.24, 2.45) is 0 Å². The lowest BCUT2D eigenvalue weighted by molar-refractivity contribution is 0.324. The molecule has 0 atom stereocenters. The van der Waals surface area contributed by atoms with Crippen LogP contribution in [0, 0.1) is 0 Å². The second-order valence-electron chi connectivity index (χ2n) is 6.94. The Balaban J connectivity index is 1.94. The molecule has 154 valence electrons. The average molecular weight is 403 g/mol. The molecular weight excluding hydrogens is 378 g/mol. The van der Waals surface area contributed by atoms with E-state index in [4.69, 9.17) is 18.9 Å². The molecule has 0 bridgehead atoms. The van der Waals surface area contributed by atoms with E-state index in [1.165, 1.54) is 5.56 Å². The second kappa shape index (κ2) is 8.41. The summed E-state index contributed by atoms with van der Waals surface area (Å²) in [6, 6.07) is 22.7. The molecule has 0 radical (unpaired) electrons. The van der Waals surface area contributed by atoms with Crippen LogP contribution < -0.4 is 18.9 Å². The van der Waals surface area contributed by atoms with Gasteiger partial charge in [0.1, 0.15) is 5.75 Å². The fourth-order valence-electron chi connectivity index (χ4n) is 3.78. The summed E-state index contributed by atoms with van der Waals surface area (Å²) in [6.45, 7) is 0.739. The summed E-state index contributed by atoms with van der Waals surface area (Å²) < 4.78 is 24.4. The van der Waals surface area contributed by atoms with Crippen molar-refractivity contribution in [3.8, 4) is 34.3 Å². The highest BCUT2D eigenvalue weighted by Gasteiger charge is 2.18. The highest BCUT2D eigenvalue weighted by atomic mass is 16.5. The van der Waals surface area contributed by atoms with Gasteiger partial charge in [-0.2, -0.15) is 0 Å². The lowest BCUT2D eigenvalue weighted by atomic mass is 10.1. The first-order valence-electron chi connectivity index (χ1n) is 9.70. The van der Waals surface area contributed by atoms with Crippen molar-refractivity contribution in [1.29, 1.82) is 0 Å². The van der Waals surface area contributed by atoms with E-state index in [0.717, 1.165) is 34.5 Å². The van der Waals surface area contributed by atoms with Crippen LogP contribution in [-0.2, 0) is 6.54 Å². The van der Waals surface area contributed by atoms with Crippen molar-refractivity contribution in [3.63, 3.8) is 0 Å². The Morgan fingerprint density at radius 2 is 1.40 bits per heavy atom. The van der Waals surface area contributed by atoms with Gasteiger partial charge in [-0.3, -0.25) is 0 Å². The molecule has 3 aromatic carbocycles. The molecule has 30 heavy (non-hydrogen) atoms. The second-order valence-corrected chi connectivity index (χ2v) is 6.94. The third kappa shape index (κ3) is 3.54. The van der Waals surface area contributed by atoms with Crippen LogP contribution in [0.2, 0.25) is 0 Å². The number of rotatable bonds is 7. The molecule has 0 spiro atoms. The molecular formula is C25H25NO4. The Bertz CT molecular complexity index is 1140. The van der Waals surface area contributed by atoms with Crippen LogP contribution in [0.15, 0.2) is 66.7 Å². The van der Waals surface area contributed by atoms with Gasteiger partial charge >= 0.3 is 0 Å². The molecule has 0 aliphatic rings. The van der Waals surface area contributed by atoms with E-state index in [9.17, 15) is 0 Å². The molecule has 0 saturated heterocycles. The summed E-state index contributed by atoms with van der Waals surface area (Å²) >= 11 is 0. The Morgan fingerprint density at radius 1 is 0.700 bits per heavy atom. The highest BCUT2D eigenvalue weighted by Crippen LogP contribution is 2.42. The molecule has 0 amide bonds. The zero-order valence-corrected chi connectivity index (χ0v) is 17.6. The van der Waals surface area contributed by atoms with Crippen LogP contribution in [0.5, 0.6) is 23.0 Å². The quantitative estimate of drug-likeness (QED) is 0.415. The predicted molar refractivity (Wildman–Crippen MR) is 119 cm³/mol. The first-order valence-corrected chi connectivity index (χ1v) is 9.70. The summed E-state index contributed by atoms with van der Waals surface area (Å²) in [5, 5.41) is 1.11. The molecule has 0 saturated carbocycles. The Morgan fingerprint density at radius 3 is 2.00 bits per heavy atom. The Kier molecular flexibility index (Phi) is 5.53. The molecule has 1 aromatic heterocycles. The van der Waals surface area contributed by atoms with E-state index in [2.05, 4.69) is 47.0 Å². The molecule has 5 nitrogen and oxygen atoms in total. The van der Waals surface area contributed by atoms with E-state index in [1.807, 2.05) is 24.3 Å². The molecule has 0 aliphatic heterocycles. The molecule has 0 N–H and O–H groups in total. The molecule has 0 fully saturated rings. The first-order chi connectivity index (χ1) is 14.7. The van der Waals surface area contributed by atoms with Crippen LogP contribution in [0.25, 0.3) is 22.2 Å². The number of benzene rings is 3. The minimum Gasteiger partial charge on any atom is -0.497 e. The normalized spacial score (nSPS) is 10.8. The molecule has 4 rings (SSSR count). The first kappa shape index (κ1) is 19.7. The van der Waals surface area contributed by atoms with E-state index in [1.54, 1.807) is 28.4 Å². The van der Waals surface area contributed by atoms with Gasteiger partial charge < -0.3 is 23.5 Å². The van der Waals surface area contributed by atoms with Crippen molar-refractivity contribution in [2.45, 2.75) is 6.54 Å². The van der Waals surface area contributed by atoms with Gasteiger partial charge in [-0.05, 0) is 42.0 Å². The monoisotopic (exact) mass is 403 g/mol. The smallest absolute Gasteiger partial charge is 0.203 e. The van der Waals surface area contributed by atoms with Gasteiger partial charge in [0.15, 0.2) is 11.5 Å². The lowest BCUT2D eigenvalue weighted by Crippen LogP contribution is -2.02. The number of hydrogen-bond donors (Lipinski definition) is 0. The van der Waals surface area contributed by atoms with Gasteiger partial charge in [0.05, 0.1) is 28.4 Å². The zero-order chi connectivity index (χ0) is 21.1. The standard InChI is InChI=1S/C25H25NO4/c1-27-20-10-11-21-18(12-20)13-22(26(21)16-17-8-6-5-7-9-17)19-14-23(28-2)25(30-4)24(15-19)29-3/h5-15H,16H2,1-4H3. The van der Waals surface area contributed by atoms with Gasteiger partial charge in [0.25, 0.3) is 0 Å². The lowest BCUT2D eigenvalue weighted by Gasteiger charge is -2.16. The molecule has 4 aromatic rings. The van der Waals surface area contributed by atoms with Crippen LogP contribution in [0.1, 0.15) is 5.56 Å². The molecule has 0 aliphatic carbocycles. The van der Waals surface area contributed by atoms with Gasteiger partial charge in [-0.1, -0.05) is 30.3 Å². The maximum atomic E-state index is 5.58. The van der Waals surface area contributed by atoms with E-state index in [0.29, 0.717) is 17.2 Å². The average Bonchev–Trinajstić information content (AvgIpc) is 3.16. The number of hydrogen-bond acceptors (Lipinski definition) is 4. The zero-order valence-electron chi connectivity index (χ0n) is 17.6. The topological polar surface area (TPSA) is 41.9 Å². The molecule has 1 heterocycles. The minimum atomic E-state index is 0.580. The maximum Gasteiger partial charge on any atom is 0.203 e. The summed E-state index contributed by atoms with van der Waals surface area (Å²) in [5.41, 5.74) is 4.39. The van der Waals surface area contributed by atoms with Gasteiger partial charge in [-0.15, -0.1) is 0 Å². The van der Waals surface area contributed by atoms with Gasteiger partial charge in [0, 0.05) is 28.7 Å². The molecule has 0 unspecified atom stereocenters. The number of methoxy groups -OCH3 is 4. The summed E-state index contributed by atoms with van der Waals surface area (Å²) in [4.78, 5) is 0. The van der Waals surface area contributed by atoms with Gasteiger partial charge in [-0.25, -0.2) is 0 Å². The Labute approximate surface area is 176 Å². The SMILES string of the molecule is COc1ccc2c(c1)cc(-c1cc(OC)c(OC)c(OC)c1)n2Cc1ccccc1. The van der Waals surface area contributed by atoms with Crippen LogP contribution in [0.3, 0.4) is 0 Å². The van der Waals surface area contributed by atoms with Crippen molar-refractivity contribution < 1.29 is 18.9 Å². The number of nitrogens with zero attached hydrogens (tertiary/aromatic N) is 1. The highest BCUT2D eigenvalue weighted by molar-refractivity contribution is 5.89. The summed E-state index contributed by atoms with van der Waals surface area (Å²) in [5.74, 6) is 2.66. The molecule has 5 heteroatoms. The Hall–Kier alpha value is -3.60. The van der Waals surface area contributed by atoms with Crippen molar-refractivity contribution in [3.05, 3.63) is 72.3 Å². The summed E-state index contributed by atoms with van der Waals surface area (Å²) in [6.07, 6.45) is 0. The minimum absolute atomic E-state index is 0.580. The van der Waals surface area contributed by atoms with Crippen molar-refractivity contribution in [2.75, 3.05) is 28.4 Å². The van der Waals surface area contributed by atoms with E-state index in [-0.39, 0.29) is 0 Å². The fraction of sp³-hybridized carbons (Fsp3) is 0.200. The van der Waals surface area contributed by atoms with Crippen LogP contribution in [0.4, 0.5) is 0 Å². The van der Waals surface area contributed by atoms with Crippen molar-refractivity contribution >= 4 is 10.9 Å². The van der Waals surface area contributed by atoms with E-state index < -0.39 is 0 Å². The fourth-order valence-corrected chi connectivity index (χ4v) is 3.78. The predicted octanol–water partition coefficient (Wildman–Crippen LogP) is 5.39. The van der Waals surface area contributed by atoms with E-state index >= 15 is 0 Å². The van der Waals surface area contributed by atoms with Gasteiger partial charge in [0.2, 0.25) is 5.75 Å². The van der Waals surface area contributed by atoms with Crippen LogP contribution >= 0.6 is 0 Å². The number of ether oxygens (including phenoxy) is 4.